The van der Waals surface area contributed by atoms with Crippen LogP contribution in [0.25, 0.3) is 0 Å². The maximum absolute atomic E-state index is 11.6. The number of hydrogen-bond donors (Lipinski definition) is 1. The minimum Gasteiger partial charge on any atom is -0.497 e. The van der Waals surface area contributed by atoms with E-state index >= 15 is 0 Å². The molecule has 1 aromatic rings. The van der Waals surface area contributed by atoms with Crippen LogP contribution in [0.5, 0.6) is 5.75 Å². The van der Waals surface area contributed by atoms with Crippen LogP contribution in [-0.2, 0) is 9.59 Å². The molecule has 6 heteroatoms. The molecule has 1 unspecified atom stereocenters. The van der Waals surface area contributed by atoms with Crippen LogP contribution in [0.3, 0.4) is 0 Å². The highest BCUT2D eigenvalue weighted by molar-refractivity contribution is 9.10. The number of ether oxygens (including phenoxy) is 1. The molecule has 5 nitrogen and oxygen atoms in total. The molecule has 1 atom stereocenters. The van der Waals surface area contributed by atoms with Crippen molar-refractivity contribution in [3.05, 3.63) is 28.2 Å². The molecular formula is C13H16BrNO4. The van der Waals surface area contributed by atoms with Crippen molar-refractivity contribution in [1.82, 2.24) is 4.90 Å². The van der Waals surface area contributed by atoms with E-state index in [0.717, 1.165) is 0 Å². The molecule has 1 N–H and O–H groups in total. The maximum Gasteiger partial charge on any atom is 0.331 e. The minimum absolute atomic E-state index is 0.287. The number of carbonyl (C=O) groups is 2. The molecule has 0 radical (unpaired) electrons. The van der Waals surface area contributed by atoms with Crippen molar-refractivity contribution in [2.24, 2.45) is 0 Å². The number of benzene rings is 1. The van der Waals surface area contributed by atoms with Gasteiger partial charge in [-0.25, -0.2) is 4.79 Å². The lowest BCUT2D eigenvalue weighted by atomic mass is 10.0. The van der Waals surface area contributed by atoms with E-state index in [1.54, 1.807) is 25.1 Å². The number of hydrogen-bond acceptors (Lipinski definition) is 3. The van der Waals surface area contributed by atoms with Gasteiger partial charge in [0.1, 0.15) is 5.75 Å². The van der Waals surface area contributed by atoms with Gasteiger partial charge >= 0.3 is 5.97 Å². The van der Waals surface area contributed by atoms with Gasteiger partial charge in [0, 0.05) is 23.5 Å². The Morgan fingerprint density at radius 2 is 2.11 bits per heavy atom. The average Bonchev–Trinajstić information content (AvgIpc) is 2.36. The molecule has 19 heavy (non-hydrogen) atoms. The van der Waals surface area contributed by atoms with Crippen molar-refractivity contribution in [2.45, 2.75) is 19.9 Å². The van der Waals surface area contributed by atoms with Crippen molar-refractivity contribution in [2.75, 3.05) is 13.7 Å². The standard InChI is InChI=1S/C13H16BrNO4/c1-4-15(8(2)16)12(13(17)18)10-7-9(19-3)5-6-11(10)14/h5-7,12H,4H2,1-3H3,(H,17,18). The Kier molecular flexibility index (Phi) is 5.35. The summed E-state index contributed by atoms with van der Waals surface area (Å²) in [5.41, 5.74) is 0.490. The first-order valence-corrected chi connectivity index (χ1v) is 6.55. The van der Waals surface area contributed by atoms with Gasteiger partial charge in [0.15, 0.2) is 6.04 Å². The molecule has 1 rings (SSSR count). The molecular weight excluding hydrogens is 314 g/mol. The second-order valence-corrected chi connectivity index (χ2v) is 4.79. The number of carbonyl (C=O) groups excluding carboxylic acids is 1. The number of amides is 1. The molecule has 0 saturated carbocycles. The van der Waals surface area contributed by atoms with Crippen molar-refractivity contribution in [3.63, 3.8) is 0 Å². The largest absolute Gasteiger partial charge is 0.497 e. The summed E-state index contributed by atoms with van der Waals surface area (Å²) in [7, 11) is 1.51. The smallest absolute Gasteiger partial charge is 0.331 e. The van der Waals surface area contributed by atoms with E-state index in [2.05, 4.69) is 15.9 Å². The fraction of sp³-hybridized carbons (Fsp3) is 0.385. The molecule has 0 aliphatic rings. The number of nitrogens with zero attached hydrogens (tertiary/aromatic N) is 1. The first kappa shape index (κ1) is 15.5. The van der Waals surface area contributed by atoms with Crippen LogP contribution < -0.4 is 4.74 Å². The van der Waals surface area contributed by atoms with Gasteiger partial charge in [0.2, 0.25) is 5.91 Å². The zero-order chi connectivity index (χ0) is 14.6. The van der Waals surface area contributed by atoms with E-state index in [-0.39, 0.29) is 5.91 Å². The van der Waals surface area contributed by atoms with Crippen molar-refractivity contribution >= 4 is 27.8 Å². The number of carboxylic acids is 1. The number of carboxylic acid groups (broad SMARTS) is 1. The summed E-state index contributed by atoms with van der Waals surface area (Å²) in [6, 6.07) is 4.01. The Labute approximate surface area is 120 Å². The quantitative estimate of drug-likeness (QED) is 0.901. The minimum atomic E-state index is -1.08. The SMILES string of the molecule is CCN(C(C)=O)C(C(=O)O)c1cc(OC)ccc1Br. The van der Waals surface area contributed by atoms with Crippen LogP contribution in [0, 0.1) is 0 Å². The average molecular weight is 330 g/mol. The van der Waals surface area contributed by atoms with Crippen LogP contribution in [0.15, 0.2) is 22.7 Å². The Morgan fingerprint density at radius 3 is 2.53 bits per heavy atom. The van der Waals surface area contributed by atoms with E-state index in [0.29, 0.717) is 22.3 Å². The highest BCUT2D eigenvalue weighted by Gasteiger charge is 2.30. The lowest BCUT2D eigenvalue weighted by Crippen LogP contribution is -2.37. The summed E-state index contributed by atoms with van der Waals surface area (Å²) >= 11 is 3.32. The van der Waals surface area contributed by atoms with Crippen molar-refractivity contribution < 1.29 is 19.4 Å². The topological polar surface area (TPSA) is 66.8 Å². The Morgan fingerprint density at radius 1 is 1.47 bits per heavy atom. The third kappa shape index (κ3) is 3.47. The van der Waals surface area contributed by atoms with Gasteiger partial charge in [-0.3, -0.25) is 4.79 Å². The summed E-state index contributed by atoms with van der Waals surface area (Å²) in [5.74, 6) is -0.820. The number of rotatable bonds is 5. The summed E-state index contributed by atoms with van der Waals surface area (Å²) in [5, 5.41) is 9.41. The number of aliphatic carboxylic acids is 1. The number of likely N-dealkylation sites (N-methyl/N-ethyl adjacent to an activating group) is 1. The highest BCUT2D eigenvalue weighted by Crippen LogP contribution is 2.31. The third-order valence-electron chi connectivity index (χ3n) is 2.79. The van der Waals surface area contributed by atoms with Gasteiger partial charge < -0.3 is 14.7 Å². The second kappa shape index (κ2) is 6.56. The molecule has 0 saturated heterocycles. The van der Waals surface area contributed by atoms with Crippen molar-refractivity contribution in [1.29, 1.82) is 0 Å². The summed E-state index contributed by atoms with van der Waals surface area (Å²) < 4.78 is 5.72. The van der Waals surface area contributed by atoms with E-state index in [9.17, 15) is 14.7 Å². The molecule has 0 heterocycles. The summed E-state index contributed by atoms with van der Waals surface area (Å²) in [6.45, 7) is 3.41. The molecule has 0 bridgehead atoms. The van der Waals surface area contributed by atoms with Crippen LogP contribution in [0.2, 0.25) is 0 Å². The summed E-state index contributed by atoms with van der Waals surface area (Å²) in [4.78, 5) is 24.4. The van der Waals surface area contributed by atoms with E-state index < -0.39 is 12.0 Å². The van der Waals surface area contributed by atoms with E-state index in [1.807, 2.05) is 0 Å². The molecule has 0 aliphatic heterocycles. The third-order valence-corrected chi connectivity index (χ3v) is 3.51. The van der Waals surface area contributed by atoms with Crippen LogP contribution in [0.1, 0.15) is 25.5 Å². The van der Waals surface area contributed by atoms with Gasteiger partial charge in [-0.2, -0.15) is 0 Å². The molecule has 0 aromatic heterocycles. The Hall–Kier alpha value is -1.56. The second-order valence-electron chi connectivity index (χ2n) is 3.93. The zero-order valence-electron chi connectivity index (χ0n) is 11.0. The molecule has 1 amide bonds. The molecule has 0 fully saturated rings. The monoisotopic (exact) mass is 329 g/mol. The van der Waals surface area contributed by atoms with Gasteiger partial charge in [-0.15, -0.1) is 0 Å². The van der Waals surface area contributed by atoms with E-state index in [1.165, 1.54) is 18.9 Å². The van der Waals surface area contributed by atoms with Crippen molar-refractivity contribution in [3.8, 4) is 5.75 Å². The first-order valence-electron chi connectivity index (χ1n) is 5.75. The maximum atomic E-state index is 11.6. The summed E-state index contributed by atoms with van der Waals surface area (Å²) in [6.07, 6.45) is 0. The Bertz CT molecular complexity index is 490. The van der Waals surface area contributed by atoms with Gasteiger partial charge in [-0.1, -0.05) is 15.9 Å². The molecule has 1 aromatic carbocycles. The van der Waals surface area contributed by atoms with Crippen LogP contribution >= 0.6 is 15.9 Å². The lowest BCUT2D eigenvalue weighted by molar-refractivity contribution is -0.149. The number of methoxy groups -OCH3 is 1. The number of halogens is 1. The van der Waals surface area contributed by atoms with Gasteiger partial charge in [-0.05, 0) is 25.1 Å². The molecule has 0 aliphatic carbocycles. The predicted octanol–water partition coefficient (Wildman–Crippen LogP) is 2.45. The zero-order valence-corrected chi connectivity index (χ0v) is 12.6. The van der Waals surface area contributed by atoms with Crippen LogP contribution in [-0.4, -0.2) is 35.5 Å². The highest BCUT2D eigenvalue weighted by atomic mass is 79.9. The van der Waals surface area contributed by atoms with Gasteiger partial charge in [0.05, 0.1) is 7.11 Å². The fourth-order valence-corrected chi connectivity index (χ4v) is 2.34. The van der Waals surface area contributed by atoms with E-state index in [4.69, 9.17) is 4.74 Å². The molecule has 0 spiro atoms. The lowest BCUT2D eigenvalue weighted by Gasteiger charge is -2.27. The van der Waals surface area contributed by atoms with Crippen LogP contribution in [0.4, 0.5) is 0 Å². The first-order chi connectivity index (χ1) is 8.92. The fourth-order valence-electron chi connectivity index (χ4n) is 1.88. The Balaban J connectivity index is 3.33. The predicted molar refractivity (Wildman–Crippen MR) is 74.1 cm³/mol. The van der Waals surface area contributed by atoms with Gasteiger partial charge in [0.25, 0.3) is 0 Å². The normalized spacial score (nSPS) is 11.8. The molecule has 104 valence electrons.